The average molecular weight is 210 g/mol. The van der Waals surface area contributed by atoms with E-state index in [1.54, 1.807) is 13.8 Å². The van der Waals surface area contributed by atoms with Gasteiger partial charge in [-0.05, 0) is 26.5 Å². The van der Waals surface area contributed by atoms with E-state index in [1.165, 1.54) is 12.3 Å². The first-order valence-corrected chi connectivity index (χ1v) is 4.88. The number of rotatable bonds is 4. The summed E-state index contributed by atoms with van der Waals surface area (Å²) in [6.45, 7) is 6.03. The molecule has 1 heterocycles. The summed E-state index contributed by atoms with van der Waals surface area (Å²) in [5.41, 5.74) is -0.673. The summed E-state index contributed by atoms with van der Waals surface area (Å²) in [4.78, 5) is 15.6. The Hall–Kier alpha value is -1.29. The fourth-order valence-electron chi connectivity index (χ4n) is 1.42. The highest BCUT2D eigenvalue weighted by molar-refractivity contribution is 6.02. The van der Waals surface area contributed by atoms with Gasteiger partial charge in [-0.25, -0.2) is 4.39 Å². The van der Waals surface area contributed by atoms with Crippen molar-refractivity contribution in [3.05, 3.63) is 29.8 Å². The maximum absolute atomic E-state index is 13.3. The van der Waals surface area contributed by atoms with Crippen molar-refractivity contribution in [1.29, 1.82) is 0 Å². The molecule has 3 nitrogen and oxygen atoms in total. The van der Waals surface area contributed by atoms with E-state index in [2.05, 4.69) is 10.3 Å². The van der Waals surface area contributed by atoms with Crippen LogP contribution in [0.3, 0.4) is 0 Å². The summed E-state index contributed by atoms with van der Waals surface area (Å²) in [6, 6.07) is 1.40. The minimum absolute atomic E-state index is 0.0796. The maximum atomic E-state index is 13.3. The summed E-state index contributed by atoms with van der Waals surface area (Å²) < 4.78 is 13.3. The van der Waals surface area contributed by atoms with E-state index < -0.39 is 11.4 Å². The number of hydrogen-bond donors (Lipinski definition) is 1. The normalized spacial score (nSPS) is 11.5. The van der Waals surface area contributed by atoms with Gasteiger partial charge in [-0.3, -0.25) is 9.78 Å². The van der Waals surface area contributed by atoms with Gasteiger partial charge < -0.3 is 5.32 Å². The highest BCUT2D eigenvalue weighted by Gasteiger charge is 2.29. The first kappa shape index (κ1) is 11.8. The zero-order chi connectivity index (χ0) is 11.5. The van der Waals surface area contributed by atoms with E-state index >= 15 is 0 Å². The number of halogens is 1. The minimum atomic E-state index is -0.753. The predicted octanol–water partition coefficient (Wildman–Crippen LogP) is 1.79. The summed E-state index contributed by atoms with van der Waals surface area (Å²) in [7, 11) is 0. The Bertz CT molecular complexity index is 363. The maximum Gasteiger partial charge on any atom is 0.185 e. The molecule has 82 valence electrons. The van der Waals surface area contributed by atoms with Crippen LogP contribution in [0, 0.1) is 5.82 Å². The topological polar surface area (TPSA) is 42.0 Å². The molecular weight excluding hydrogens is 195 g/mol. The number of hydrogen-bond acceptors (Lipinski definition) is 3. The molecule has 0 fully saturated rings. The number of nitrogens with zero attached hydrogens (tertiary/aromatic N) is 1. The van der Waals surface area contributed by atoms with E-state index in [9.17, 15) is 9.18 Å². The average Bonchev–Trinajstić information content (AvgIpc) is 2.17. The number of ketones is 1. The van der Waals surface area contributed by atoms with Crippen molar-refractivity contribution in [2.75, 3.05) is 6.54 Å². The molecule has 15 heavy (non-hydrogen) atoms. The van der Waals surface area contributed by atoms with Gasteiger partial charge in [0.05, 0.1) is 17.3 Å². The van der Waals surface area contributed by atoms with E-state index in [0.29, 0.717) is 6.54 Å². The van der Waals surface area contributed by atoms with Gasteiger partial charge in [0.1, 0.15) is 0 Å². The lowest BCUT2D eigenvalue weighted by molar-refractivity contribution is 0.0879. The third-order valence-electron chi connectivity index (χ3n) is 2.20. The molecule has 0 bridgehead atoms. The standard InChI is InChI=1S/C11H15FN2O/c1-4-14-11(2,3)10(15)8-5-6-13-7-9(8)12/h5-7,14H,4H2,1-3H3. The molecule has 0 aliphatic heterocycles. The Morgan fingerprint density at radius 2 is 2.27 bits per heavy atom. The summed E-state index contributed by atoms with van der Waals surface area (Å²) >= 11 is 0. The first-order valence-electron chi connectivity index (χ1n) is 4.88. The summed E-state index contributed by atoms with van der Waals surface area (Å²) in [6.07, 6.45) is 2.47. The lowest BCUT2D eigenvalue weighted by Gasteiger charge is -2.24. The van der Waals surface area contributed by atoms with Crippen molar-refractivity contribution in [3.63, 3.8) is 0 Å². The SMILES string of the molecule is CCNC(C)(C)C(=O)c1ccncc1F. The number of aromatic nitrogens is 1. The zero-order valence-corrected chi connectivity index (χ0v) is 9.17. The molecular formula is C11H15FN2O. The van der Waals surface area contributed by atoms with Crippen LogP contribution in [0.15, 0.2) is 18.5 Å². The molecule has 0 saturated heterocycles. The smallest absolute Gasteiger partial charge is 0.185 e. The third-order valence-corrected chi connectivity index (χ3v) is 2.20. The Morgan fingerprint density at radius 3 is 2.80 bits per heavy atom. The molecule has 1 N–H and O–H groups in total. The number of pyridine rings is 1. The number of Topliss-reactive ketones (excluding diaryl/α,β-unsaturated/α-hetero) is 1. The van der Waals surface area contributed by atoms with Crippen molar-refractivity contribution in [2.45, 2.75) is 26.3 Å². The molecule has 0 radical (unpaired) electrons. The fourth-order valence-corrected chi connectivity index (χ4v) is 1.42. The lowest BCUT2D eigenvalue weighted by atomic mass is 9.93. The van der Waals surface area contributed by atoms with Gasteiger partial charge in [-0.1, -0.05) is 6.92 Å². The van der Waals surface area contributed by atoms with Gasteiger partial charge in [0, 0.05) is 6.20 Å². The van der Waals surface area contributed by atoms with Gasteiger partial charge >= 0.3 is 0 Å². The van der Waals surface area contributed by atoms with Crippen molar-refractivity contribution < 1.29 is 9.18 Å². The molecule has 0 aromatic carbocycles. The van der Waals surface area contributed by atoms with Crippen LogP contribution in [0.2, 0.25) is 0 Å². The van der Waals surface area contributed by atoms with Crippen LogP contribution in [-0.4, -0.2) is 22.9 Å². The molecule has 0 amide bonds. The zero-order valence-electron chi connectivity index (χ0n) is 9.17. The molecule has 0 aliphatic carbocycles. The monoisotopic (exact) mass is 210 g/mol. The van der Waals surface area contributed by atoms with Gasteiger partial charge in [-0.2, -0.15) is 0 Å². The number of likely N-dealkylation sites (N-methyl/N-ethyl adjacent to an activating group) is 1. The van der Waals surface area contributed by atoms with Crippen LogP contribution in [0.4, 0.5) is 4.39 Å². The third kappa shape index (κ3) is 2.59. The lowest BCUT2D eigenvalue weighted by Crippen LogP contribution is -2.46. The number of carbonyl (C=O) groups is 1. The highest BCUT2D eigenvalue weighted by Crippen LogP contribution is 2.14. The Kier molecular flexibility index (Phi) is 3.52. The quantitative estimate of drug-likeness (QED) is 0.770. The number of nitrogens with one attached hydrogen (secondary N) is 1. The van der Waals surface area contributed by atoms with Gasteiger partial charge in [0.25, 0.3) is 0 Å². The van der Waals surface area contributed by atoms with Gasteiger partial charge in [0.2, 0.25) is 0 Å². The van der Waals surface area contributed by atoms with Crippen LogP contribution >= 0.6 is 0 Å². The van der Waals surface area contributed by atoms with E-state index in [1.807, 2.05) is 6.92 Å². The molecule has 0 spiro atoms. The molecule has 0 aliphatic rings. The van der Waals surface area contributed by atoms with E-state index in [0.717, 1.165) is 6.20 Å². The Balaban J connectivity index is 2.99. The summed E-state index contributed by atoms with van der Waals surface area (Å²) in [5, 5.41) is 3.01. The van der Waals surface area contributed by atoms with Gasteiger partial charge in [0.15, 0.2) is 11.6 Å². The Morgan fingerprint density at radius 1 is 1.60 bits per heavy atom. The molecule has 1 aromatic rings. The van der Waals surface area contributed by atoms with E-state index in [4.69, 9.17) is 0 Å². The van der Waals surface area contributed by atoms with Crippen LogP contribution in [0.5, 0.6) is 0 Å². The van der Waals surface area contributed by atoms with E-state index in [-0.39, 0.29) is 11.3 Å². The van der Waals surface area contributed by atoms with Crippen LogP contribution in [0.1, 0.15) is 31.1 Å². The molecule has 4 heteroatoms. The van der Waals surface area contributed by atoms with Crippen LogP contribution < -0.4 is 5.32 Å². The molecule has 1 aromatic heterocycles. The van der Waals surface area contributed by atoms with Crippen molar-refractivity contribution >= 4 is 5.78 Å². The molecule has 0 unspecified atom stereocenters. The molecule has 0 saturated carbocycles. The second kappa shape index (κ2) is 4.49. The van der Waals surface area contributed by atoms with Crippen molar-refractivity contribution in [1.82, 2.24) is 10.3 Å². The largest absolute Gasteiger partial charge is 0.305 e. The van der Waals surface area contributed by atoms with Crippen molar-refractivity contribution in [3.8, 4) is 0 Å². The predicted molar refractivity (Wildman–Crippen MR) is 56.3 cm³/mol. The van der Waals surface area contributed by atoms with Crippen LogP contribution in [0.25, 0.3) is 0 Å². The second-order valence-corrected chi connectivity index (χ2v) is 3.84. The highest BCUT2D eigenvalue weighted by atomic mass is 19.1. The summed E-state index contributed by atoms with van der Waals surface area (Å²) in [5.74, 6) is -0.835. The van der Waals surface area contributed by atoms with Crippen LogP contribution in [-0.2, 0) is 0 Å². The first-order chi connectivity index (χ1) is 6.99. The number of carbonyl (C=O) groups excluding carboxylic acids is 1. The second-order valence-electron chi connectivity index (χ2n) is 3.84. The molecule has 1 rings (SSSR count). The minimum Gasteiger partial charge on any atom is -0.305 e. The molecule has 0 atom stereocenters. The van der Waals surface area contributed by atoms with Gasteiger partial charge in [-0.15, -0.1) is 0 Å². The van der Waals surface area contributed by atoms with Crippen molar-refractivity contribution in [2.24, 2.45) is 0 Å². The fraction of sp³-hybridized carbons (Fsp3) is 0.455. The Labute approximate surface area is 88.7 Å².